The first kappa shape index (κ1) is 28.1. The second-order valence-electron chi connectivity index (χ2n) is 10.3. The van der Waals surface area contributed by atoms with E-state index in [1.807, 2.05) is 13.8 Å². The monoisotopic (exact) mass is 596 g/mol. The minimum atomic E-state index is -1.25. The van der Waals surface area contributed by atoms with Crippen LogP contribution in [0.5, 0.6) is 0 Å². The molecule has 3 aliphatic heterocycles. The first-order chi connectivity index (χ1) is 17.6. The van der Waals surface area contributed by atoms with Crippen LogP contribution in [-0.2, 0) is 23.9 Å². The van der Waals surface area contributed by atoms with E-state index in [1.54, 1.807) is 37.3 Å². The van der Waals surface area contributed by atoms with Crippen molar-refractivity contribution < 1.29 is 29.0 Å². The van der Waals surface area contributed by atoms with Crippen molar-refractivity contribution in [1.82, 2.24) is 4.90 Å². The maximum absolute atomic E-state index is 14.5. The summed E-state index contributed by atoms with van der Waals surface area (Å²) < 4.78 is 11.9. The first-order valence-corrected chi connectivity index (χ1v) is 14.0. The Balaban J connectivity index is 1.86. The summed E-state index contributed by atoms with van der Waals surface area (Å²) in [6.07, 6.45) is 1.84. The Morgan fingerprint density at radius 3 is 2.70 bits per heavy atom. The van der Waals surface area contributed by atoms with Crippen molar-refractivity contribution in [1.29, 1.82) is 0 Å². The number of benzene rings is 1. The zero-order chi connectivity index (χ0) is 27.1. The largest absolute Gasteiger partial charge is 0.466 e. The van der Waals surface area contributed by atoms with E-state index in [9.17, 15) is 19.5 Å². The van der Waals surface area contributed by atoms with Crippen LogP contribution in [0.1, 0.15) is 33.6 Å². The van der Waals surface area contributed by atoms with Crippen LogP contribution in [0.15, 0.2) is 36.9 Å². The molecule has 4 rings (SSSR count). The van der Waals surface area contributed by atoms with Crippen LogP contribution in [0.25, 0.3) is 0 Å². The number of alkyl halides is 1. The molecule has 1 aromatic carbocycles. The van der Waals surface area contributed by atoms with Crippen molar-refractivity contribution in [3.8, 4) is 0 Å². The van der Waals surface area contributed by atoms with E-state index in [0.29, 0.717) is 23.6 Å². The molecular formula is C27H34BrClN2O6. The predicted octanol–water partition coefficient (Wildman–Crippen LogP) is 3.58. The number of anilines is 1. The van der Waals surface area contributed by atoms with Crippen LogP contribution < -0.4 is 4.90 Å². The molecule has 0 saturated carbocycles. The van der Waals surface area contributed by atoms with E-state index in [1.165, 1.54) is 9.80 Å². The van der Waals surface area contributed by atoms with Crippen molar-refractivity contribution in [3.63, 3.8) is 0 Å². The van der Waals surface area contributed by atoms with Gasteiger partial charge in [0.1, 0.15) is 11.6 Å². The van der Waals surface area contributed by atoms with Gasteiger partial charge in [-0.25, -0.2) is 0 Å². The number of ether oxygens (including phenoxy) is 2. The van der Waals surface area contributed by atoms with Crippen molar-refractivity contribution in [2.75, 3.05) is 24.7 Å². The summed E-state index contributed by atoms with van der Waals surface area (Å²) in [6, 6.07) is 5.28. The lowest BCUT2D eigenvalue weighted by Crippen LogP contribution is -2.59. The van der Waals surface area contributed by atoms with Gasteiger partial charge in [-0.2, -0.15) is 0 Å². The van der Waals surface area contributed by atoms with E-state index in [2.05, 4.69) is 22.5 Å². The standard InChI is InChI=1S/C27H34BrClN2O6/c1-5-11-30(19-10-8-7-9-18(19)29)25(34)23-27-13-17(28)22(37-27)20(26(35)36-6-2)21(27)24(33)31(23)16(14-32)12-15(3)4/h5,7-10,15-17,20-23,32H,1,6,11-14H2,2-4H3/t16-,17?,20+,21-,22+,23+,27-/m1/s1. The number of aliphatic hydroxyl groups is 1. The minimum Gasteiger partial charge on any atom is -0.466 e. The molecule has 1 spiro atoms. The Labute approximate surface area is 231 Å². The molecule has 37 heavy (non-hydrogen) atoms. The maximum atomic E-state index is 14.5. The van der Waals surface area contributed by atoms with Crippen molar-refractivity contribution >= 4 is 51.0 Å². The molecular weight excluding hydrogens is 564 g/mol. The smallest absolute Gasteiger partial charge is 0.312 e. The summed E-state index contributed by atoms with van der Waals surface area (Å²) in [5.74, 6) is -2.86. The molecule has 0 aromatic heterocycles. The lowest BCUT2D eigenvalue weighted by Gasteiger charge is -2.40. The first-order valence-electron chi connectivity index (χ1n) is 12.7. The molecule has 3 saturated heterocycles. The Morgan fingerprint density at radius 1 is 1.41 bits per heavy atom. The Morgan fingerprint density at radius 2 is 2.11 bits per heavy atom. The highest BCUT2D eigenvalue weighted by Gasteiger charge is 2.77. The number of rotatable bonds is 10. The molecule has 7 atom stereocenters. The van der Waals surface area contributed by atoms with Crippen LogP contribution in [-0.4, -0.2) is 76.2 Å². The second-order valence-corrected chi connectivity index (χ2v) is 11.9. The number of carbonyl (C=O) groups is 3. The third kappa shape index (κ3) is 4.62. The summed E-state index contributed by atoms with van der Waals surface area (Å²) in [6.45, 7) is 9.50. The van der Waals surface area contributed by atoms with E-state index < -0.39 is 47.5 Å². The van der Waals surface area contributed by atoms with E-state index in [-0.39, 0.29) is 36.4 Å². The Bertz CT molecular complexity index is 1070. The number of fused-ring (bicyclic) bond motifs is 1. The predicted molar refractivity (Wildman–Crippen MR) is 144 cm³/mol. The highest BCUT2D eigenvalue weighted by atomic mass is 79.9. The highest BCUT2D eigenvalue weighted by Crippen LogP contribution is 2.61. The lowest BCUT2D eigenvalue weighted by molar-refractivity contribution is -0.155. The molecule has 3 fully saturated rings. The quantitative estimate of drug-likeness (QED) is 0.252. The van der Waals surface area contributed by atoms with Crippen molar-refractivity contribution in [2.24, 2.45) is 17.8 Å². The third-order valence-electron chi connectivity index (χ3n) is 7.59. The average molecular weight is 598 g/mol. The number of hydrogen-bond acceptors (Lipinski definition) is 6. The van der Waals surface area contributed by atoms with Gasteiger partial charge < -0.3 is 24.4 Å². The number of carbonyl (C=O) groups excluding carboxylic acids is 3. The zero-order valence-corrected chi connectivity index (χ0v) is 23.7. The van der Waals surface area contributed by atoms with Gasteiger partial charge in [0.05, 0.1) is 47.9 Å². The number of esters is 1. The van der Waals surface area contributed by atoms with Gasteiger partial charge in [-0.1, -0.05) is 59.6 Å². The summed E-state index contributed by atoms with van der Waals surface area (Å²) >= 11 is 10.1. The molecule has 1 aromatic rings. The fourth-order valence-corrected chi connectivity index (χ4v) is 7.50. The molecule has 2 bridgehead atoms. The van der Waals surface area contributed by atoms with E-state index in [4.69, 9.17) is 21.1 Å². The van der Waals surface area contributed by atoms with Gasteiger partial charge in [-0.3, -0.25) is 14.4 Å². The van der Waals surface area contributed by atoms with Crippen LogP contribution in [0.2, 0.25) is 5.02 Å². The normalized spacial score (nSPS) is 30.9. The SMILES string of the molecule is C=CCN(C(=O)[C@@H]1N([C@@H](CO)CC(C)C)C(=O)[C@H]2[C@H](C(=O)OCC)[C@H]3O[C@@]12CC3Br)c1ccccc1Cl. The van der Waals surface area contributed by atoms with Crippen LogP contribution in [0, 0.1) is 17.8 Å². The zero-order valence-electron chi connectivity index (χ0n) is 21.3. The summed E-state index contributed by atoms with van der Waals surface area (Å²) in [4.78, 5) is 44.5. The number of para-hydroxylation sites is 1. The third-order valence-corrected chi connectivity index (χ3v) is 8.75. The van der Waals surface area contributed by atoms with Gasteiger partial charge in [-0.15, -0.1) is 6.58 Å². The summed E-state index contributed by atoms with van der Waals surface area (Å²) in [7, 11) is 0. The molecule has 3 aliphatic rings. The molecule has 2 amide bonds. The molecule has 0 aliphatic carbocycles. The fourth-order valence-electron chi connectivity index (χ4n) is 6.32. The number of halogens is 2. The molecule has 0 radical (unpaired) electrons. The van der Waals surface area contributed by atoms with Crippen molar-refractivity contribution in [3.05, 3.63) is 41.9 Å². The van der Waals surface area contributed by atoms with Gasteiger partial charge in [0, 0.05) is 11.4 Å². The summed E-state index contributed by atoms with van der Waals surface area (Å²) in [5.41, 5.74) is -0.772. The molecule has 202 valence electrons. The topological polar surface area (TPSA) is 96.4 Å². The Kier molecular flexibility index (Phi) is 8.38. The lowest BCUT2D eigenvalue weighted by atomic mass is 9.70. The van der Waals surface area contributed by atoms with E-state index >= 15 is 0 Å². The molecule has 8 nitrogen and oxygen atoms in total. The van der Waals surface area contributed by atoms with E-state index in [0.717, 1.165) is 0 Å². The number of nitrogens with zero attached hydrogens (tertiary/aromatic N) is 2. The van der Waals surface area contributed by atoms with Gasteiger partial charge >= 0.3 is 5.97 Å². The van der Waals surface area contributed by atoms with Gasteiger partial charge in [0.25, 0.3) is 5.91 Å². The van der Waals surface area contributed by atoms with Gasteiger partial charge in [0.2, 0.25) is 5.91 Å². The number of aliphatic hydroxyl groups excluding tert-OH is 1. The van der Waals surface area contributed by atoms with Crippen molar-refractivity contribution in [2.45, 2.75) is 62.2 Å². The summed E-state index contributed by atoms with van der Waals surface area (Å²) in [5, 5.41) is 10.8. The molecule has 3 heterocycles. The number of likely N-dealkylation sites (tertiary alicyclic amines) is 1. The number of hydrogen-bond donors (Lipinski definition) is 1. The average Bonchev–Trinajstić information content (AvgIpc) is 3.44. The highest BCUT2D eigenvalue weighted by molar-refractivity contribution is 9.09. The van der Waals surface area contributed by atoms with Gasteiger partial charge in [-0.05, 0) is 37.8 Å². The molecule has 1 unspecified atom stereocenters. The fraction of sp³-hybridized carbons (Fsp3) is 0.593. The van der Waals surface area contributed by atoms with Crippen LogP contribution >= 0.6 is 27.5 Å². The molecule has 10 heteroatoms. The minimum absolute atomic E-state index is 0.147. The second kappa shape index (κ2) is 11.0. The number of amides is 2. The maximum Gasteiger partial charge on any atom is 0.312 e. The van der Waals surface area contributed by atoms with Crippen LogP contribution in [0.4, 0.5) is 5.69 Å². The molecule has 1 N–H and O–H groups in total. The van der Waals surface area contributed by atoms with Gasteiger partial charge in [0.15, 0.2) is 0 Å². The van der Waals surface area contributed by atoms with Crippen LogP contribution in [0.3, 0.4) is 0 Å². The Hall–Kier alpha value is -1.94.